The molecule has 1 N–H and O–H groups in total. The summed E-state index contributed by atoms with van der Waals surface area (Å²) in [6.07, 6.45) is 1.30. The van der Waals surface area contributed by atoms with Crippen LogP contribution in [0.2, 0.25) is 0 Å². The van der Waals surface area contributed by atoms with Crippen LogP contribution < -0.4 is 5.32 Å². The summed E-state index contributed by atoms with van der Waals surface area (Å²) in [5.74, 6) is 0. The van der Waals surface area contributed by atoms with Crippen molar-refractivity contribution in [2.45, 2.75) is 19.9 Å². The molecule has 0 radical (unpaired) electrons. The molecule has 2 nitrogen and oxygen atoms in total. The average molecular weight is 255 g/mol. The minimum absolute atomic E-state index is 0. The highest BCUT2D eigenvalue weighted by atomic mass is 35.5. The molecular formula is C14H23ClN2. The van der Waals surface area contributed by atoms with E-state index in [0.29, 0.717) is 5.41 Å². The molecule has 0 amide bonds. The molecule has 1 aromatic carbocycles. The molecule has 0 aromatic heterocycles. The van der Waals surface area contributed by atoms with E-state index < -0.39 is 0 Å². The molecule has 1 atom stereocenters. The molecule has 1 unspecified atom stereocenters. The van der Waals surface area contributed by atoms with Gasteiger partial charge in [0.1, 0.15) is 0 Å². The summed E-state index contributed by atoms with van der Waals surface area (Å²) < 4.78 is 0. The van der Waals surface area contributed by atoms with Gasteiger partial charge in [-0.3, -0.25) is 0 Å². The number of nitrogens with one attached hydrogen (secondary N) is 1. The molecule has 1 aliphatic heterocycles. The molecule has 0 spiro atoms. The molecule has 1 saturated heterocycles. The second-order valence-electron chi connectivity index (χ2n) is 5.40. The highest BCUT2D eigenvalue weighted by Crippen LogP contribution is 2.25. The molecule has 1 heterocycles. The van der Waals surface area contributed by atoms with Gasteiger partial charge in [0.05, 0.1) is 0 Å². The summed E-state index contributed by atoms with van der Waals surface area (Å²) in [5, 5.41) is 3.46. The van der Waals surface area contributed by atoms with Gasteiger partial charge < -0.3 is 10.2 Å². The predicted octanol–water partition coefficient (Wildman–Crippen LogP) is 2.54. The zero-order valence-electron chi connectivity index (χ0n) is 10.8. The molecule has 1 fully saturated rings. The molecule has 96 valence electrons. The number of hydrogen-bond donors (Lipinski definition) is 1. The zero-order chi connectivity index (χ0) is 11.4. The SMILES string of the molecule is CN(Cc1ccccc1)CC1(C)CCNC1.Cl. The van der Waals surface area contributed by atoms with Crippen molar-refractivity contribution < 1.29 is 0 Å². The first-order chi connectivity index (χ1) is 7.68. The zero-order valence-corrected chi connectivity index (χ0v) is 11.6. The Morgan fingerprint density at radius 2 is 2.00 bits per heavy atom. The van der Waals surface area contributed by atoms with E-state index in [1.54, 1.807) is 0 Å². The van der Waals surface area contributed by atoms with Crippen LogP contribution >= 0.6 is 12.4 Å². The van der Waals surface area contributed by atoms with Crippen LogP contribution in [0.3, 0.4) is 0 Å². The smallest absolute Gasteiger partial charge is 0.0230 e. The third-order valence-electron chi connectivity index (χ3n) is 3.40. The number of benzene rings is 1. The van der Waals surface area contributed by atoms with Gasteiger partial charge in [0.2, 0.25) is 0 Å². The maximum Gasteiger partial charge on any atom is 0.0230 e. The summed E-state index contributed by atoms with van der Waals surface area (Å²) in [4.78, 5) is 2.43. The van der Waals surface area contributed by atoms with Crippen molar-refractivity contribution in [2.24, 2.45) is 5.41 Å². The van der Waals surface area contributed by atoms with Crippen molar-refractivity contribution in [1.82, 2.24) is 10.2 Å². The number of halogens is 1. The van der Waals surface area contributed by atoms with Crippen molar-refractivity contribution in [3.05, 3.63) is 35.9 Å². The van der Waals surface area contributed by atoms with Gasteiger partial charge in [0.25, 0.3) is 0 Å². The Kier molecular flexibility index (Phi) is 5.44. The normalized spacial score (nSPS) is 23.7. The second-order valence-corrected chi connectivity index (χ2v) is 5.40. The summed E-state index contributed by atoms with van der Waals surface area (Å²) in [6.45, 7) is 6.95. The van der Waals surface area contributed by atoms with Crippen LogP contribution in [-0.2, 0) is 6.54 Å². The molecule has 3 heteroatoms. The number of rotatable bonds is 4. The van der Waals surface area contributed by atoms with E-state index >= 15 is 0 Å². The lowest BCUT2D eigenvalue weighted by Crippen LogP contribution is -2.34. The van der Waals surface area contributed by atoms with Gasteiger partial charge in [0.15, 0.2) is 0 Å². The molecule has 0 bridgehead atoms. The summed E-state index contributed by atoms with van der Waals surface area (Å²) in [5.41, 5.74) is 1.86. The van der Waals surface area contributed by atoms with Crippen LogP contribution in [0.4, 0.5) is 0 Å². The van der Waals surface area contributed by atoms with E-state index in [2.05, 4.69) is 54.5 Å². The fourth-order valence-corrected chi connectivity index (χ4v) is 2.61. The standard InChI is InChI=1S/C14H22N2.ClH/c1-14(8-9-15-11-14)12-16(2)10-13-6-4-3-5-7-13;/h3-7,15H,8-12H2,1-2H3;1H. The van der Waals surface area contributed by atoms with Crippen LogP contribution in [0, 0.1) is 5.41 Å². The van der Waals surface area contributed by atoms with Crippen molar-refractivity contribution in [3.63, 3.8) is 0 Å². The van der Waals surface area contributed by atoms with Crippen molar-refractivity contribution in [3.8, 4) is 0 Å². The maximum atomic E-state index is 3.46. The quantitative estimate of drug-likeness (QED) is 0.889. The van der Waals surface area contributed by atoms with E-state index in [9.17, 15) is 0 Å². The Bertz CT molecular complexity index is 320. The third-order valence-corrected chi connectivity index (χ3v) is 3.40. The summed E-state index contributed by atoms with van der Waals surface area (Å²) in [6, 6.07) is 10.7. The van der Waals surface area contributed by atoms with Crippen LogP contribution in [0.15, 0.2) is 30.3 Å². The minimum Gasteiger partial charge on any atom is -0.316 e. The van der Waals surface area contributed by atoms with Crippen LogP contribution in [0.1, 0.15) is 18.9 Å². The number of nitrogens with zero attached hydrogens (tertiary/aromatic N) is 1. The molecule has 1 aromatic rings. The fourth-order valence-electron chi connectivity index (χ4n) is 2.61. The van der Waals surface area contributed by atoms with Gasteiger partial charge in [0, 0.05) is 19.6 Å². The Labute approximate surface area is 111 Å². The van der Waals surface area contributed by atoms with E-state index in [1.807, 2.05) is 0 Å². The van der Waals surface area contributed by atoms with E-state index in [-0.39, 0.29) is 12.4 Å². The molecule has 1 aliphatic rings. The average Bonchev–Trinajstić information content (AvgIpc) is 2.66. The number of hydrogen-bond acceptors (Lipinski definition) is 2. The Balaban J connectivity index is 0.00000144. The highest BCUT2D eigenvalue weighted by molar-refractivity contribution is 5.85. The second kappa shape index (κ2) is 6.39. The summed E-state index contributed by atoms with van der Waals surface area (Å²) >= 11 is 0. The molecule has 17 heavy (non-hydrogen) atoms. The first-order valence-electron chi connectivity index (χ1n) is 6.11. The van der Waals surface area contributed by atoms with Crippen LogP contribution in [0.5, 0.6) is 0 Å². The van der Waals surface area contributed by atoms with Gasteiger partial charge in [-0.1, -0.05) is 37.3 Å². The first-order valence-corrected chi connectivity index (χ1v) is 6.11. The topological polar surface area (TPSA) is 15.3 Å². The molecular weight excluding hydrogens is 232 g/mol. The van der Waals surface area contributed by atoms with Crippen molar-refractivity contribution in [1.29, 1.82) is 0 Å². The third kappa shape index (κ3) is 4.30. The van der Waals surface area contributed by atoms with Crippen molar-refractivity contribution >= 4 is 12.4 Å². The monoisotopic (exact) mass is 254 g/mol. The first kappa shape index (κ1) is 14.5. The molecule has 0 aliphatic carbocycles. The Morgan fingerprint density at radius 3 is 2.59 bits per heavy atom. The van der Waals surface area contributed by atoms with Crippen LogP contribution in [-0.4, -0.2) is 31.6 Å². The van der Waals surface area contributed by atoms with Gasteiger partial charge in [-0.2, -0.15) is 0 Å². The Morgan fingerprint density at radius 1 is 1.29 bits per heavy atom. The van der Waals surface area contributed by atoms with Crippen molar-refractivity contribution in [2.75, 3.05) is 26.7 Å². The Hall–Kier alpha value is -0.570. The van der Waals surface area contributed by atoms with Gasteiger partial charge in [-0.05, 0) is 31.0 Å². The lowest BCUT2D eigenvalue weighted by molar-refractivity contribution is 0.203. The summed E-state index contributed by atoms with van der Waals surface area (Å²) in [7, 11) is 2.22. The molecule has 0 saturated carbocycles. The highest BCUT2D eigenvalue weighted by Gasteiger charge is 2.29. The van der Waals surface area contributed by atoms with E-state index in [0.717, 1.165) is 13.1 Å². The minimum atomic E-state index is 0. The van der Waals surface area contributed by atoms with Crippen LogP contribution in [0.25, 0.3) is 0 Å². The van der Waals surface area contributed by atoms with Gasteiger partial charge >= 0.3 is 0 Å². The largest absolute Gasteiger partial charge is 0.316 e. The van der Waals surface area contributed by atoms with Gasteiger partial charge in [-0.25, -0.2) is 0 Å². The molecule has 2 rings (SSSR count). The van der Waals surface area contributed by atoms with E-state index in [4.69, 9.17) is 0 Å². The van der Waals surface area contributed by atoms with E-state index in [1.165, 1.54) is 25.1 Å². The van der Waals surface area contributed by atoms with Gasteiger partial charge in [-0.15, -0.1) is 12.4 Å². The lowest BCUT2D eigenvalue weighted by Gasteiger charge is -2.29. The fraction of sp³-hybridized carbons (Fsp3) is 0.571. The predicted molar refractivity (Wildman–Crippen MR) is 75.6 cm³/mol. The lowest BCUT2D eigenvalue weighted by atomic mass is 9.89. The maximum absolute atomic E-state index is 3.46.